The second-order valence-corrected chi connectivity index (χ2v) is 6.83. The van der Waals surface area contributed by atoms with Crippen LogP contribution in [0.4, 0.5) is 0 Å². The van der Waals surface area contributed by atoms with Gasteiger partial charge in [-0.3, -0.25) is 4.99 Å². The van der Waals surface area contributed by atoms with E-state index < -0.39 is 0 Å². The fourth-order valence-electron chi connectivity index (χ4n) is 2.60. The van der Waals surface area contributed by atoms with E-state index in [2.05, 4.69) is 53.5 Å². The third-order valence-corrected chi connectivity index (χ3v) is 4.08. The zero-order valence-corrected chi connectivity index (χ0v) is 15.4. The molecule has 0 aliphatic carbocycles. The molecule has 1 aromatic rings. The molecule has 7 nitrogen and oxygen atoms in total. The Morgan fingerprint density at radius 1 is 1.38 bits per heavy atom. The van der Waals surface area contributed by atoms with Crippen LogP contribution >= 0.6 is 0 Å². The lowest BCUT2D eigenvalue weighted by atomic mass is 10.0. The lowest BCUT2D eigenvalue weighted by Gasteiger charge is -2.21. The first-order valence-corrected chi connectivity index (χ1v) is 9.01. The molecule has 1 aliphatic heterocycles. The fraction of sp³-hybridized carbons (Fsp3) is 0.824. The Hall–Kier alpha value is -1.63. The average molecular weight is 337 g/mol. The van der Waals surface area contributed by atoms with E-state index in [0.29, 0.717) is 18.4 Å². The highest BCUT2D eigenvalue weighted by molar-refractivity contribution is 5.79. The molecule has 1 aliphatic rings. The van der Waals surface area contributed by atoms with Gasteiger partial charge >= 0.3 is 0 Å². The third kappa shape index (κ3) is 5.78. The van der Waals surface area contributed by atoms with E-state index in [-0.39, 0.29) is 5.60 Å². The van der Waals surface area contributed by atoms with Crippen molar-refractivity contribution in [2.75, 3.05) is 26.2 Å². The van der Waals surface area contributed by atoms with Crippen molar-refractivity contribution in [1.82, 2.24) is 20.8 Å². The molecule has 0 saturated carbocycles. The van der Waals surface area contributed by atoms with E-state index in [4.69, 9.17) is 9.26 Å². The Balaban J connectivity index is 1.74. The van der Waals surface area contributed by atoms with Crippen molar-refractivity contribution in [2.24, 2.45) is 4.99 Å². The number of nitrogens with zero attached hydrogens (tertiary/aromatic N) is 3. The lowest BCUT2D eigenvalue weighted by Crippen LogP contribution is -2.39. The highest BCUT2D eigenvalue weighted by Gasteiger charge is 2.29. The molecule has 24 heavy (non-hydrogen) atoms. The number of guanidine groups is 1. The summed E-state index contributed by atoms with van der Waals surface area (Å²) >= 11 is 0. The topological polar surface area (TPSA) is 84.6 Å². The van der Waals surface area contributed by atoms with E-state index in [9.17, 15) is 0 Å². The van der Waals surface area contributed by atoms with Crippen molar-refractivity contribution in [3.05, 3.63) is 11.7 Å². The number of rotatable bonds is 8. The Labute approximate surface area is 144 Å². The average Bonchev–Trinajstić information content (AvgIpc) is 3.19. The monoisotopic (exact) mass is 337 g/mol. The van der Waals surface area contributed by atoms with Crippen molar-refractivity contribution in [3.8, 4) is 0 Å². The summed E-state index contributed by atoms with van der Waals surface area (Å²) in [5, 5.41) is 10.6. The molecule has 136 valence electrons. The lowest BCUT2D eigenvalue weighted by molar-refractivity contribution is 0.0283. The molecular weight excluding hydrogens is 306 g/mol. The first-order chi connectivity index (χ1) is 11.5. The minimum atomic E-state index is -0.112. The van der Waals surface area contributed by atoms with Crippen LogP contribution in [-0.2, 0) is 11.2 Å². The molecule has 2 heterocycles. The second kappa shape index (κ2) is 9.01. The maximum absolute atomic E-state index is 5.78. The Morgan fingerprint density at radius 3 is 2.83 bits per heavy atom. The van der Waals surface area contributed by atoms with Crippen LogP contribution in [0.15, 0.2) is 9.52 Å². The molecule has 0 radical (unpaired) electrons. The smallest absolute Gasteiger partial charge is 0.226 e. The van der Waals surface area contributed by atoms with E-state index in [1.807, 2.05) is 0 Å². The summed E-state index contributed by atoms with van der Waals surface area (Å²) in [5.41, 5.74) is -0.112. The predicted octanol–water partition coefficient (Wildman–Crippen LogP) is 2.25. The van der Waals surface area contributed by atoms with Gasteiger partial charge in [-0.05, 0) is 33.1 Å². The minimum Gasteiger partial charge on any atom is -0.373 e. The van der Waals surface area contributed by atoms with Crippen LogP contribution in [0.5, 0.6) is 0 Å². The summed E-state index contributed by atoms with van der Waals surface area (Å²) < 4.78 is 11.0. The predicted molar refractivity (Wildman–Crippen MR) is 94.3 cm³/mol. The molecule has 0 amide bonds. The highest BCUT2D eigenvalue weighted by Crippen LogP contribution is 2.24. The third-order valence-electron chi connectivity index (χ3n) is 4.08. The second-order valence-electron chi connectivity index (χ2n) is 6.83. The Bertz CT molecular complexity index is 521. The molecule has 7 heteroatoms. The summed E-state index contributed by atoms with van der Waals surface area (Å²) in [4.78, 5) is 9.05. The molecule has 2 N–H and O–H groups in total. The minimum absolute atomic E-state index is 0.112. The van der Waals surface area contributed by atoms with Gasteiger partial charge in [-0.2, -0.15) is 4.98 Å². The van der Waals surface area contributed by atoms with Crippen molar-refractivity contribution >= 4 is 5.96 Å². The molecule has 0 aromatic carbocycles. The molecule has 1 atom stereocenters. The standard InChI is InChI=1S/C17H31N5O2/c1-5-18-16(20-12-17(4)9-7-11-23-17)19-10-6-8-14-21-15(13(2)3)22-24-14/h13H,5-12H2,1-4H3,(H2,18,19,20). The largest absolute Gasteiger partial charge is 0.373 e. The van der Waals surface area contributed by atoms with E-state index in [1.165, 1.54) is 0 Å². The van der Waals surface area contributed by atoms with Crippen molar-refractivity contribution < 1.29 is 9.26 Å². The molecule has 1 unspecified atom stereocenters. The van der Waals surface area contributed by atoms with Gasteiger partial charge in [0, 0.05) is 32.0 Å². The van der Waals surface area contributed by atoms with Crippen LogP contribution in [0.1, 0.15) is 64.6 Å². The molecular formula is C17H31N5O2. The van der Waals surface area contributed by atoms with Gasteiger partial charge in [-0.15, -0.1) is 0 Å². The van der Waals surface area contributed by atoms with Gasteiger partial charge in [0.2, 0.25) is 5.89 Å². The van der Waals surface area contributed by atoms with Gasteiger partial charge in [-0.25, -0.2) is 0 Å². The summed E-state index contributed by atoms with van der Waals surface area (Å²) in [7, 11) is 0. The zero-order valence-electron chi connectivity index (χ0n) is 15.4. The molecule has 1 aromatic heterocycles. The van der Waals surface area contributed by atoms with Crippen LogP contribution < -0.4 is 10.6 Å². The first kappa shape index (κ1) is 18.7. The van der Waals surface area contributed by atoms with Crippen molar-refractivity contribution in [1.29, 1.82) is 0 Å². The fourth-order valence-corrected chi connectivity index (χ4v) is 2.60. The van der Waals surface area contributed by atoms with Gasteiger partial charge in [0.25, 0.3) is 0 Å². The Kier molecular flexibility index (Phi) is 7.02. The van der Waals surface area contributed by atoms with Gasteiger partial charge in [0.1, 0.15) is 0 Å². The number of aryl methyl sites for hydroxylation is 1. The molecule has 1 saturated heterocycles. The van der Waals surface area contributed by atoms with Crippen LogP contribution in [0.25, 0.3) is 0 Å². The van der Waals surface area contributed by atoms with Crippen LogP contribution in [-0.4, -0.2) is 47.9 Å². The SMILES string of the molecule is CCNC(=NCC1(C)CCCO1)NCCCc1nc(C(C)C)no1. The summed E-state index contributed by atoms with van der Waals surface area (Å²) in [6.07, 6.45) is 3.88. The first-order valence-electron chi connectivity index (χ1n) is 9.01. The summed E-state index contributed by atoms with van der Waals surface area (Å²) in [6, 6.07) is 0. The number of hydrogen-bond acceptors (Lipinski definition) is 5. The summed E-state index contributed by atoms with van der Waals surface area (Å²) in [6.45, 7) is 11.5. The van der Waals surface area contributed by atoms with Crippen molar-refractivity contribution in [3.63, 3.8) is 0 Å². The maximum atomic E-state index is 5.78. The Morgan fingerprint density at radius 2 is 2.21 bits per heavy atom. The van der Waals surface area contributed by atoms with Gasteiger partial charge in [0.05, 0.1) is 12.1 Å². The van der Waals surface area contributed by atoms with Gasteiger partial charge in [-0.1, -0.05) is 19.0 Å². The van der Waals surface area contributed by atoms with E-state index in [0.717, 1.165) is 57.2 Å². The summed E-state index contributed by atoms with van der Waals surface area (Å²) in [5.74, 6) is 2.61. The molecule has 1 fully saturated rings. The van der Waals surface area contributed by atoms with Crippen LogP contribution in [0, 0.1) is 0 Å². The normalized spacial score (nSPS) is 21.5. The number of aliphatic imine (C=N–C) groups is 1. The molecule has 2 rings (SSSR count). The number of aromatic nitrogens is 2. The van der Waals surface area contributed by atoms with Crippen LogP contribution in [0.2, 0.25) is 0 Å². The number of hydrogen-bond donors (Lipinski definition) is 2. The van der Waals surface area contributed by atoms with Crippen LogP contribution in [0.3, 0.4) is 0 Å². The molecule has 0 spiro atoms. The van der Waals surface area contributed by atoms with E-state index in [1.54, 1.807) is 0 Å². The van der Waals surface area contributed by atoms with E-state index >= 15 is 0 Å². The quantitative estimate of drug-likeness (QED) is 0.430. The maximum Gasteiger partial charge on any atom is 0.226 e. The number of ether oxygens (including phenoxy) is 1. The van der Waals surface area contributed by atoms with Gasteiger partial charge < -0.3 is 19.9 Å². The zero-order chi connectivity index (χ0) is 17.4. The van der Waals surface area contributed by atoms with Gasteiger partial charge in [0.15, 0.2) is 11.8 Å². The molecule has 0 bridgehead atoms. The van der Waals surface area contributed by atoms with Crippen molar-refractivity contribution in [2.45, 2.75) is 64.9 Å². The number of nitrogens with one attached hydrogen (secondary N) is 2. The highest BCUT2D eigenvalue weighted by atomic mass is 16.5.